The van der Waals surface area contributed by atoms with E-state index in [1.165, 1.54) is 5.56 Å². The van der Waals surface area contributed by atoms with Crippen molar-refractivity contribution in [1.82, 2.24) is 10.3 Å². The summed E-state index contributed by atoms with van der Waals surface area (Å²) in [6.07, 6.45) is 0.561. The van der Waals surface area contributed by atoms with Crippen LogP contribution in [0.4, 0.5) is 0 Å². The van der Waals surface area contributed by atoms with Crippen LogP contribution in [0.2, 0.25) is 0 Å². The van der Waals surface area contributed by atoms with Crippen LogP contribution in [0.1, 0.15) is 26.0 Å². The van der Waals surface area contributed by atoms with Crippen molar-refractivity contribution in [2.45, 2.75) is 32.9 Å². The van der Waals surface area contributed by atoms with Crippen LogP contribution in [0.5, 0.6) is 0 Å². The van der Waals surface area contributed by atoms with Crippen molar-refractivity contribution >= 4 is 11.3 Å². The summed E-state index contributed by atoms with van der Waals surface area (Å²) in [6.45, 7) is 5.65. The highest BCUT2D eigenvalue weighted by molar-refractivity contribution is 7.13. The number of hydrogen-bond donors (Lipinski definition) is 2. The lowest BCUT2D eigenvalue weighted by Crippen LogP contribution is -2.23. The minimum absolute atomic E-state index is 0.224. The second-order valence-corrected chi connectivity index (χ2v) is 6.14. The highest BCUT2D eigenvalue weighted by atomic mass is 32.1. The summed E-state index contributed by atoms with van der Waals surface area (Å²) < 4.78 is 0. The van der Waals surface area contributed by atoms with Gasteiger partial charge in [0.05, 0.1) is 11.8 Å². The first-order valence-electron chi connectivity index (χ1n) is 7.05. The molecule has 0 saturated heterocycles. The second kappa shape index (κ2) is 7.53. The first-order valence-corrected chi connectivity index (χ1v) is 7.93. The molecule has 1 unspecified atom stereocenters. The van der Waals surface area contributed by atoms with Gasteiger partial charge in [0.1, 0.15) is 5.01 Å². The van der Waals surface area contributed by atoms with Gasteiger partial charge in [-0.3, -0.25) is 0 Å². The van der Waals surface area contributed by atoms with E-state index in [2.05, 4.69) is 27.8 Å². The highest BCUT2D eigenvalue weighted by Crippen LogP contribution is 2.23. The Morgan fingerprint density at radius 2 is 2.00 bits per heavy atom. The molecule has 20 heavy (non-hydrogen) atoms. The monoisotopic (exact) mass is 290 g/mol. The van der Waals surface area contributed by atoms with Crippen molar-refractivity contribution in [3.63, 3.8) is 0 Å². The Hall–Kier alpha value is -1.23. The molecule has 1 atom stereocenters. The Morgan fingerprint density at radius 3 is 2.70 bits per heavy atom. The van der Waals surface area contributed by atoms with E-state index in [4.69, 9.17) is 0 Å². The highest BCUT2D eigenvalue weighted by Gasteiger charge is 2.08. The zero-order valence-corrected chi connectivity index (χ0v) is 12.9. The van der Waals surface area contributed by atoms with Gasteiger partial charge in [0.15, 0.2) is 0 Å². The maximum atomic E-state index is 9.72. The van der Waals surface area contributed by atoms with Gasteiger partial charge in [-0.05, 0) is 18.9 Å². The molecule has 108 valence electrons. The van der Waals surface area contributed by atoms with E-state index < -0.39 is 0 Å². The minimum atomic E-state index is -0.224. The summed E-state index contributed by atoms with van der Waals surface area (Å²) in [6, 6.07) is 10.2. The lowest BCUT2D eigenvalue weighted by atomic mass is 10.0. The lowest BCUT2D eigenvalue weighted by Gasteiger charge is -2.14. The quantitative estimate of drug-likeness (QED) is 0.769. The lowest BCUT2D eigenvalue weighted by molar-refractivity contribution is 0.116. The molecule has 2 rings (SSSR count). The molecule has 1 aromatic carbocycles. The number of thiazole rings is 1. The largest absolute Gasteiger partial charge is 0.393 e. The molecule has 0 aliphatic heterocycles. The van der Waals surface area contributed by atoms with Crippen LogP contribution in [-0.2, 0) is 6.54 Å². The van der Waals surface area contributed by atoms with Crippen LogP contribution in [0.15, 0.2) is 35.7 Å². The number of rotatable bonds is 7. The van der Waals surface area contributed by atoms with E-state index >= 15 is 0 Å². The zero-order valence-electron chi connectivity index (χ0n) is 12.0. The standard InChI is InChI=1S/C16H22N2OS/c1-12(2)15(19)8-9-17-10-14-11-20-16(18-14)13-6-4-3-5-7-13/h3-7,11-12,15,17,19H,8-10H2,1-2H3. The summed E-state index contributed by atoms with van der Waals surface area (Å²) in [4.78, 5) is 4.63. The van der Waals surface area contributed by atoms with Crippen molar-refractivity contribution < 1.29 is 5.11 Å². The average Bonchev–Trinajstić information content (AvgIpc) is 2.93. The van der Waals surface area contributed by atoms with E-state index in [1.54, 1.807) is 11.3 Å². The van der Waals surface area contributed by atoms with Gasteiger partial charge in [-0.2, -0.15) is 0 Å². The van der Waals surface area contributed by atoms with Crippen molar-refractivity contribution in [2.24, 2.45) is 5.92 Å². The average molecular weight is 290 g/mol. The Morgan fingerprint density at radius 1 is 1.25 bits per heavy atom. The SMILES string of the molecule is CC(C)C(O)CCNCc1csc(-c2ccccc2)n1. The Kier molecular flexibility index (Phi) is 5.71. The van der Waals surface area contributed by atoms with Gasteiger partial charge in [0, 0.05) is 17.5 Å². The predicted molar refractivity (Wildman–Crippen MR) is 84.7 cm³/mol. The van der Waals surface area contributed by atoms with Gasteiger partial charge in [-0.1, -0.05) is 44.2 Å². The molecule has 1 aromatic heterocycles. The van der Waals surface area contributed by atoms with Crippen molar-refractivity contribution in [1.29, 1.82) is 0 Å². The van der Waals surface area contributed by atoms with E-state index in [1.807, 2.05) is 32.0 Å². The molecule has 0 saturated carbocycles. The zero-order chi connectivity index (χ0) is 14.4. The third-order valence-corrected chi connectivity index (χ3v) is 4.21. The van der Waals surface area contributed by atoms with Gasteiger partial charge in [0.2, 0.25) is 0 Å². The molecule has 2 N–H and O–H groups in total. The molecule has 2 aromatic rings. The Balaban J connectivity index is 1.79. The first-order chi connectivity index (χ1) is 9.66. The van der Waals surface area contributed by atoms with Crippen LogP contribution in [0.25, 0.3) is 10.6 Å². The van der Waals surface area contributed by atoms with Gasteiger partial charge in [-0.15, -0.1) is 11.3 Å². The van der Waals surface area contributed by atoms with Gasteiger partial charge in [-0.25, -0.2) is 4.98 Å². The summed E-state index contributed by atoms with van der Waals surface area (Å²) in [5, 5.41) is 16.2. The number of hydrogen-bond acceptors (Lipinski definition) is 4. The molecule has 4 heteroatoms. The van der Waals surface area contributed by atoms with Crippen LogP contribution in [0, 0.1) is 5.92 Å². The van der Waals surface area contributed by atoms with E-state index in [-0.39, 0.29) is 6.10 Å². The predicted octanol–water partition coefficient (Wildman–Crippen LogP) is 3.31. The molecule has 0 bridgehead atoms. The van der Waals surface area contributed by atoms with Crippen molar-refractivity contribution in [3.05, 3.63) is 41.4 Å². The molecule has 3 nitrogen and oxygen atoms in total. The molecule has 0 aliphatic rings. The minimum Gasteiger partial charge on any atom is -0.393 e. The maximum absolute atomic E-state index is 9.72. The van der Waals surface area contributed by atoms with Crippen LogP contribution in [-0.4, -0.2) is 22.7 Å². The molecule has 0 amide bonds. The fourth-order valence-electron chi connectivity index (χ4n) is 1.90. The third kappa shape index (κ3) is 4.40. The summed E-state index contributed by atoms with van der Waals surface area (Å²) >= 11 is 1.67. The fraction of sp³-hybridized carbons (Fsp3) is 0.438. The van der Waals surface area contributed by atoms with Gasteiger partial charge < -0.3 is 10.4 Å². The van der Waals surface area contributed by atoms with E-state index in [9.17, 15) is 5.11 Å². The van der Waals surface area contributed by atoms with E-state index in [0.29, 0.717) is 5.92 Å². The molecule has 0 fully saturated rings. The van der Waals surface area contributed by atoms with Gasteiger partial charge >= 0.3 is 0 Å². The number of aromatic nitrogens is 1. The molecule has 0 radical (unpaired) electrons. The number of nitrogens with one attached hydrogen (secondary N) is 1. The number of aliphatic hydroxyl groups excluding tert-OH is 1. The molecular formula is C16H22N2OS. The van der Waals surface area contributed by atoms with Crippen LogP contribution < -0.4 is 5.32 Å². The van der Waals surface area contributed by atoms with Crippen molar-refractivity contribution in [2.75, 3.05) is 6.54 Å². The summed E-state index contributed by atoms with van der Waals surface area (Å²) in [5.74, 6) is 0.320. The Labute approximate surface area is 124 Å². The smallest absolute Gasteiger partial charge is 0.123 e. The number of nitrogens with zero attached hydrogens (tertiary/aromatic N) is 1. The van der Waals surface area contributed by atoms with Gasteiger partial charge in [0.25, 0.3) is 0 Å². The number of aliphatic hydroxyl groups is 1. The number of benzene rings is 1. The van der Waals surface area contributed by atoms with Crippen LogP contribution in [0.3, 0.4) is 0 Å². The summed E-state index contributed by atoms with van der Waals surface area (Å²) in [5.41, 5.74) is 2.23. The first kappa shape index (κ1) is 15.2. The van der Waals surface area contributed by atoms with Crippen molar-refractivity contribution in [3.8, 4) is 10.6 Å². The summed E-state index contributed by atoms with van der Waals surface area (Å²) in [7, 11) is 0. The normalized spacial score (nSPS) is 12.8. The van der Waals surface area contributed by atoms with E-state index in [0.717, 1.165) is 30.2 Å². The molecular weight excluding hydrogens is 268 g/mol. The third-order valence-electron chi connectivity index (χ3n) is 3.27. The maximum Gasteiger partial charge on any atom is 0.123 e. The molecule has 1 heterocycles. The molecule has 0 spiro atoms. The van der Waals surface area contributed by atoms with Crippen LogP contribution >= 0.6 is 11.3 Å². The fourth-order valence-corrected chi connectivity index (χ4v) is 2.73. The second-order valence-electron chi connectivity index (χ2n) is 5.29. The topological polar surface area (TPSA) is 45.1 Å². The molecule has 0 aliphatic carbocycles. The Bertz CT molecular complexity index is 510.